The van der Waals surface area contributed by atoms with Crippen molar-refractivity contribution < 1.29 is 9.59 Å². The first kappa shape index (κ1) is 7.48. The minimum atomic E-state index is -0.443. The summed E-state index contributed by atoms with van der Waals surface area (Å²) in [7, 11) is 0. The predicted molar refractivity (Wildman–Crippen MR) is 30.1 cm³/mol. The molecule has 0 aliphatic heterocycles. The van der Waals surface area contributed by atoms with Crippen LogP contribution in [0.4, 0.5) is 0 Å². The second kappa shape index (κ2) is 3.48. The molecule has 0 heterocycles. The second-order valence-corrected chi connectivity index (χ2v) is 1.59. The van der Waals surface area contributed by atoms with E-state index in [2.05, 4.69) is 0 Å². The predicted octanol–water partition coefficient (Wildman–Crippen LogP) is 0.895. The van der Waals surface area contributed by atoms with E-state index < -0.39 is 10.1 Å². The summed E-state index contributed by atoms with van der Waals surface area (Å²) in [6.45, 7) is 0. The van der Waals surface area contributed by atoms with Gasteiger partial charge in [-0.25, -0.2) is 9.59 Å². The van der Waals surface area contributed by atoms with Crippen LogP contribution in [0.25, 0.3) is 0 Å². The molecular formula is C4Cl2O2. The Labute approximate surface area is 55.4 Å². The van der Waals surface area contributed by atoms with Gasteiger partial charge in [0.05, 0.1) is 0 Å². The van der Waals surface area contributed by atoms with Gasteiger partial charge in [0.25, 0.3) is 0 Å². The van der Waals surface area contributed by atoms with E-state index >= 15 is 0 Å². The fourth-order valence-corrected chi connectivity index (χ4v) is 0.167. The highest BCUT2D eigenvalue weighted by Crippen LogP contribution is 2.10. The van der Waals surface area contributed by atoms with E-state index in [1.165, 1.54) is 11.9 Å². The summed E-state index contributed by atoms with van der Waals surface area (Å²) in [5.74, 6) is 2.43. The van der Waals surface area contributed by atoms with Crippen LogP contribution in [0.5, 0.6) is 0 Å². The lowest BCUT2D eigenvalue weighted by Crippen LogP contribution is -1.71. The largest absolute Gasteiger partial charge is 0.232 e. The van der Waals surface area contributed by atoms with Gasteiger partial charge in [0.2, 0.25) is 0 Å². The molecule has 4 heteroatoms. The highest BCUT2D eigenvalue weighted by atomic mass is 35.5. The van der Waals surface area contributed by atoms with Gasteiger partial charge in [-0.2, -0.15) is 0 Å². The average Bonchev–Trinajstić information content (AvgIpc) is 1.84. The minimum Gasteiger partial charge on any atom is -0.232 e. The third kappa shape index (κ3) is 1.97. The number of hydrogen-bond donors (Lipinski definition) is 0. The van der Waals surface area contributed by atoms with Crippen LogP contribution in [0.1, 0.15) is 0 Å². The first-order chi connectivity index (χ1) is 3.72. The highest BCUT2D eigenvalue weighted by molar-refractivity contribution is 6.48. The van der Waals surface area contributed by atoms with Crippen LogP contribution in [0.3, 0.4) is 0 Å². The van der Waals surface area contributed by atoms with E-state index in [-0.39, 0.29) is 0 Å². The SMILES string of the molecule is O=C=C(Cl)C(Cl)=C=O. The summed E-state index contributed by atoms with van der Waals surface area (Å²) in [4.78, 5) is 19.1. The normalized spacial score (nSPS) is 6.75. The third-order valence-electron chi connectivity index (χ3n) is 0.372. The van der Waals surface area contributed by atoms with E-state index in [1.54, 1.807) is 0 Å². The zero-order valence-electron chi connectivity index (χ0n) is 3.57. The maximum Gasteiger partial charge on any atom is 0.154 e. The molecule has 0 aromatic heterocycles. The Morgan fingerprint density at radius 1 is 1.00 bits per heavy atom. The quantitative estimate of drug-likeness (QED) is 0.412. The lowest BCUT2D eigenvalue weighted by molar-refractivity contribution is 0.566. The van der Waals surface area contributed by atoms with Crippen molar-refractivity contribution in [3.8, 4) is 0 Å². The standard InChI is InChI=1S/C4Cl2O2/c5-3(1-7)4(6)2-8. The second-order valence-electron chi connectivity index (χ2n) is 0.832. The van der Waals surface area contributed by atoms with Crippen LogP contribution in [0, 0.1) is 0 Å². The van der Waals surface area contributed by atoms with Crippen molar-refractivity contribution >= 4 is 35.1 Å². The van der Waals surface area contributed by atoms with Crippen molar-refractivity contribution in [3.63, 3.8) is 0 Å². The third-order valence-corrected chi connectivity index (χ3v) is 1.00. The number of hydrogen-bond acceptors (Lipinski definition) is 2. The molecule has 0 saturated carbocycles. The summed E-state index contributed by atoms with van der Waals surface area (Å²) in [5, 5.41) is -0.886. The van der Waals surface area contributed by atoms with Gasteiger partial charge in [-0.05, 0) is 0 Å². The molecule has 0 aromatic carbocycles. The van der Waals surface area contributed by atoms with E-state index in [9.17, 15) is 9.59 Å². The molecule has 0 spiro atoms. The summed E-state index contributed by atoms with van der Waals surface area (Å²) in [6, 6.07) is 0. The van der Waals surface area contributed by atoms with E-state index in [4.69, 9.17) is 23.2 Å². The molecule has 2 nitrogen and oxygen atoms in total. The smallest absolute Gasteiger partial charge is 0.154 e. The Bertz CT molecular complexity index is 162. The maximum atomic E-state index is 9.53. The Hall–Kier alpha value is -0.520. The molecule has 0 aliphatic carbocycles. The van der Waals surface area contributed by atoms with Crippen molar-refractivity contribution in [1.82, 2.24) is 0 Å². The van der Waals surface area contributed by atoms with Gasteiger partial charge in [0, 0.05) is 0 Å². The maximum absolute atomic E-state index is 9.53. The van der Waals surface area contributed by atoms with Crippen LogP contribution in [0.15, 0.2) is 10.1 Å². The van der Waals surface area contributed by atoms with Gasteiger partial charge in [0.15, 0.2) is 10.1 Å². The number of carbonyl (C=O) groups excluding carboxylic acids is 2. The minimum absolute atomic E-state index is 0.443. The molecule has 0 N–H and O–H groups in total. The fraction of sp³-hybridized carbons (Fsp3) is 0. The number of rotatable bonds is 1. The first-order valence-corrected chi connectivity index (χ1v) is 2.29. The Balaban J connectivity index is 4.52. The highest BCUT2D eigenvalue weighted by Gasteiger charge is 1.96. The van der Waals surface area contributed by atoms with Crippen LogP contribution in [0.2, 0.25) is 0 Å². The lowest BCUT2D eigenvalue weighted by atomic mass is 10.6. The molecule has 0 amide bonds. The molecule has 0 aliphatic rings. The molecule has 0 radical (unpaired) electrons. The molecule has 42 valence electrons. The van der Waals surface area contributed by atoms with Gasteiger partial charge in [-0.3, -0.25) is 0 Å². The fourth-order valence-electron chi connectivity index (χ4n) is 0.0896. The van der Waals surface area contributed by atoms with Crippen molar-refractivity contribution in [2.75, 3.05) is 0 Å². The van der Waals surface area contributed by atoms with Gasteiger partial charge < -0.3 is 0 Å². The van der Waals surface area contributed by atoms with Crippen molar-refractivity contribution in [1.29, 1.82) is 0 Å². The van der Waals surface area contributed by atoms with Crippen LogP contribution >= 0.6 is 23.2 Å². The lowest BCUT2D eigenvalue weighted by Gasteiger charge is -1.76. The van der Waals surface area contributed by atoms with E-state index in [1.807, 2.05) is 0 Å². The molecule has 0 unspecified atom stereocenters. The first-order valence-electron chi connectivity index (χ1n) is 1.54. The zero-order chi connectivity index (χ0) is 6.57. The van der Waals surface area contributed by atoms with Crippen LogP contribution in [-0.4, -0.2) is 11.9 Å². The van der Waals surface area contributed by atoms with Gasteiger partial charge >= 0.3 is 0 Å². The molecule has 0 atom stereocenters. The van der Waals surface area contributed by atoms with Gasteiger partial charge in [-0.1, -0.05) is 23.2 Å². The van der Waals surface area contributed by atoms with E-state index in [0.29, 0.717) is 0 Å². The Morgan fingerprint density at radius 2 is 1.25 bits per heavy atom. The van der Waals surface area contributed by atoms with Crippen LogP contribution < -0.4 is 0 Å². The van der Waals surface area contributed by atoms with Gasteiger partial charge in [0.1, 0.15) is 11.9 Å². The summed E-state index contributed by atoms with van der Waals surface area (Å²) in [6.07, 6.45) is 0. The Morgan fingerprint density at radius 3 is 1.38 bits per heavy atom. The molecule has 8 heavy (non-hydrogen) atoms. The number of allylic oxidation sites excluding steroid dienone is 2. The summed E-state index contributed by atoms with van der Waals surface area (Å²) < 4.78 is 0. The average molecular weight is 151 g/mol. The Kier molecular flexibility index (Phi) is 3.25. The van der Waals surface area contributed by atoms with Crippen LogP contribution in [-0.2, 0) is 9.59 Å². The monoisotopic (exact) mass is 150 g/mol. The summed E-state index contributed by atoms with van der Waals surface area (Å²) >= 11 is 9.95. The molecule has 0 rings (SSSR count). The topological polar surface area (TPSA) is 34.1 Å². The summed E-state index contributed by atoms with van der Waals surface area (Å²) in [5.41, 5.74) is 0. The molecule has 0 saturated heterocycles. The molecular weight excluding hydrogens is 151 g/mol. The molecule has 0 aromatic rings. The number of halogens is 2. The zero-order valence-corrected chi connectivity index (χ0v) is 5.08. The molecule has 0 fully saturated rings. The van der Waals surface area contributed by atoms with Gasteiger partial charge in [-0.15, -0.1) is 0 Å². The van der Waals surface area contributed by atoms with E-state index in [0.717, 1.165) is 0 Å². The molecule has 0 bridgehead atoms. The van der Waals surface area contributed by atoms with Crippen molar-refractivity contribution in [2.45, 2.75) is 0 Å². The van der Waals surface area contributed by atoms with Crippen molar-refractivity contribution in [2.24, 2.45) is 0 Å². The van der Waals surface area contributed by atoms with Crippen molar-refractivity contribution in [3.05, 3.63) is 10.1 Å².